The largest absolute Gasteiger partial charge is 0.489 e. The third kappa shape index (κ3) is 5.09. The molecule has 2 heteroatoms. The lowest BCUT2D eigenvalue weighted by Gasteiger charge is -2.25. The fourth-order valence-electron chi connectivity index (χ4n) is 1.77. The molecule has 0 amide bonds. The van der Waals surface area contributed by atoms with Crippen LogP contribution >= 0.6 is 0 Å². The van der Waals surface area contributed by atoms with Crippen molar-refractivity contribution in [1.82, 2.24) is 5.32 Å². The van der Waals surface area contributed by atoms with Crippen molar-refractivity contribution in [2.45, 2.75) is 59.1 Å². The van der Waals surface area contributed by atoms with Crippen LogP contribution in [0.15, 0.2) is 24.3 Å². The van der Waals surface area contributed by atoms with Gasteiger partial charge in [0.25, 0.3) is 0 Å². The normalized spacial score (nSPS) is 13.7. The number of ether oxygens (including phenoxy) is 1. The molecule has 0 fully saturated rings. The standard InChI is InChI=1S/C16H27NO/c1-12(2)14-9-7-8-10-15(14)18-13(3)11-17-16(4,5)6/h7-10,12-13,17H,11H2,1-6H3. The Kier molecular flexibility index (Phi) is 5.21. The van der Waals surface area contributed by atoms with E-state index in [1.807, 2.05) is 6.07 Å². The molecule has 0 spiro atoms. The van der Waals surface area contributed by atoms with Gasteiger partial charge in [0.15, 0.2) is 0 Å². The number of nitrogens with one attached hydrogen (secondary N) is 1. The highest BCUT2D eigenvalue weighted by Gasteiger charge is 2.14. The van der Waals surface area contributed by atoms with E-state index >= 15 is 0 Å². The molecule has 1 unspecified atom stereocenters. The highest BCUT2D eigenvalue weighted by molar-refractivity contribution is 5.35. The summed E-state index contributed by atoms with van der Waals surface area (Å²) in [6.45, 7) is 13.9. The Balaban J connectivity index is 2.62. The zero-order valence-electron chi connectivity index (χ0n) is 12.6. The van der Waals surface area contributed by atoms with Crippen molar-refractivity contribution in [3.63, 3.8) is 0 Å². The number of rotatable bonds is 5. The van der Waals surface area contributed by atoms with Crippen LogP contribution in [0.5, 0.6) is 5.75 Å². The van der Waals surface area contributed by atoms with Gasteiger partial charge in [-0.3, -0.25) is 0 Å². The molecule has 102 valence electrons. The van der Waals surface area contributed by atoms with Crippen molar-refractivity contribution in [2.75, 3.05) is 6.54 Å². The van der Waals surface area contributed by atoms with E-state index in [-0.39, 0.29) is 11.6 Å². The summed E-state index contributed by atoms with van der Waals surface area (Å²) in [4.78, 5) is 0. The first-order chi connectivity index (χ1) is 8.29. The van der Waals surface area contributed by atoms with Gasteiger partial charge in [-0.1, -0.05) is 32.0 Å². The molecule has 0 bridgehead atoms. The number of para-hydroxylation sites is 1. The summed E-state index contributed by atoms with van der Waals surface area (Å²) in [5.41, 5.74) is 1.41. The molecule has 0 aliphatic carbocycles. The second-order valence-electron chi connectivity index (χ2n) is 6.25. The highest BCUT2D eigenvalue weighted by Crippen LogP contribution is 2.26. The fourth-order valence-corrected chi connectivity index (χ4v) is 1.77. The number of hydrogen-bond donors (Lipinski definition) is 1. The molecule has 1 aromatic rings. The summed E-state index contributed by atoms with van der Waals surface area (Å²) < 4.78 is 6.04. The maximum Gasteiger partial charge on any atom is 0.123 e. The molecule has 1 rings (SSSR count). The Hall–Kier alpha value is -1.02. The summed E-state index contributed by atoms with van der Waals surface area (Å²) >= 11 is 0. The molecule has 0 aliphatic heterocycles. The monoisotopic (exact) mass is 249 g/mol. The average molecular weight is 249 g/mol. The van der Waals surface area contributed by atoms with Gasteiger partial charge in [-0.2, -0.15) is 0 Å². The summed E-state index contributed by atoms with van der Waals surface area (Å²) in [5, 5.41) is 3.47. The van der Waals surface area contributed by atoms with Crippen molar-refractivity contribution in [1.29, 1.82) is 0 Å². The van der Waals surface area contributed by atoms with Gasteiger partial charge in [0.2, 0.25) is 0 Å². The molecule has 1 aromatic carbocycles. The second kappa shape index (κ2) is 6.24. The van der Waals surface area contributed by atoms with E-state index in [1.54, 1.807) is 0 Å². The first-order valence-electron chi connectivity index (χ1n) is 6.80. The Morgan fingerprint density at radius 2 is 1.72 bits per heavy atom. The SMILES string of the molecule is CC(CNC(C)(C)C)Oc1ccccc1C(C)C. The predicted octanol–water partition coefficient (Wildman–Crippen LogP) is 3.97. The quantitative estimate of drug-likeness (QED) is 0.852. The lowest BCUT2D eigenvalue weighted by atomic mass is 10.0. The maximum absolute atomic E-state index is 6.04. The molecule has 1 atom stereocenters. The maximum atomic E-state index is 6.04. The van der Waals surface area contributed by atoms with E-state index in [0.29, 0.717) is 5.92 Å². The second-order valence-corrected chi connectivity index (χ2v) is 6.25. The molecular weight excluding hydrogens is 222 g/mol. The lowest BCUT2D eigenvalue weighted by Crippen LogP contribution is -2.41. The number of hydrogen-bond acceptors (Lipinski definition) is 2. The van der Waals surface area contributed by atoms with Crippen molar-refractivity contribution >= 4 is 0 Å². The fraction of sp³-hybridized carbons (Fsp3) is 0.625. The van der Waals surface area contributed by atoms with Gasteiger partial charge in [0.1, 0.15) is 11.9 Å². The van der Waals surface area contributed by atoms with Crippen molar-refractivity contribution in [2.24, 2.45) is 0 Å². The summed E-state index contributed by atoms with van der Waals surface area (Å²) in [6.07, 6.45) is 0.170. The van der Waals surface area contributed by atoms with Crippen LogP contribution < -0.4 is 10.1 Å². The van der Waals surface area contributed by atoms with Crippen LogP contribution in [0, 0.1) is 0 Å². The minimum absolute atomic E-state index is 0.134. The zero-order chi connectivity index (χ0) is 13.8. The van der Waals surface area contributed by atoms with Crippen LogP contribution in [0.1, 0.15) is 53.0 Å². The summed E-state index contributed by atoms with van der Waals surface area (Å²) in [7, 11) is 0. The third-order valence-electron chi connectivity index (χ3n) is 2.79. The first-order valence-corrected chi connectivity index (χ1v) is 6.80. The zero-order valence-corrected chi connectivity index (χ0v) is 12.6. The first kappa shape index (κ1) is 15.0. The van der Waals surface area contributed by atoms with Crippen molar-refractivity contribution in [3.05, 3.63) is 29.8 Å². The van der Waals surface area contributed by atoms with E-state index in [2.05, 4.69) is 65.1 Å². The molecule has 18 heavy (non-hydrogen) atoms. The summed E-state index contributed by atoms with van der Waals surface area (Å²) in [5.74, 6) is 1.50. The molecule has 0 radical (unpaired) electrons. The van der Waals surface area contributed by atoms with Crippen LogP contribution in [-0.2, 0) is 0 Å². The molecular formula is C16H27NO. The molecule has 0 saturated heterocycles. The van der Waals surface area contributed by atoms with Crippen LogP contribution in [0.2, 0.25) is 0 Å². The van der Waals surface area contributed by atoms with Crippen molar-refractivity contribution in [3.8, 4) is 5.75 Å². The van der Waals surface area contributed by atoms with E-state index in [4.69, 9.17) is 4.74 Å². The van der Waals surface area contributed by atoms with Crippen molar-refractivity contribution < 1.29 is 4.74 Å². The van der Waals surface area contributed by atoms with Crippen LogP contribution in [-0.4, -0.2) is 18.2 Å². The van der Waals surface area contributed by atoms with Gasteiger partial charge < -0.3 is 10.1 Å². The average Bonchev–Trinajstić information content (AvgIpc) is 2.26. The molecule has 0 saturated carbocycles. The molecule has 0 heterocycles. The third-order valence-corrected chi connectivity index (χ3v) is 2.79. The smallest absolute Gasteiger partial charge is 0.123 e. The predicted molar refractivity (Wildman–Crippen MR) is 78.4 cm³/mol. The van der Waals surface area contributed by atoms with Crippen LogP contribution in [0.3, 0.4) is 0 Å². The minimum atomic E-state index is 0.134. The highest BCUT2D eigenvalue weighted by atomic mass is 16.5. The van der Waals surface area contributed by atoms with Gasteiger partial charge >= 0.3 is 0 Å². The molecule has 0 aromatic heterocycles. The number of benzene rings is 1. The van der Waals surface area contributed by atoms with Crippen LogP contribution in [0.25, 0.3) is 0 Å². The Morgan fingerprint density at radius 3 is 2.28 bits per heavy atom. The van der Waals surface area contributed by atoms with Crippen LogP contribution in [0.4, 0.5) is 0 Å². The molecule has 2 nitrogen and oxygen atoms in total. The molecule has 1 N–H and O–H groups in total. The topological polar surface area (TPSA) is 21.3 Å². The van der Waals surface area contributed by atoms with E-state index in [0.717, 1.165) is 12.3 Å². The van der Waals surface area contributed by atoms with E-state index < -0.39 is 0 Å². The van der Waals surface area contributed by atoms with E-state index in [1.165, 1.54) is 5.56 Å². The lowest BCUT2D eigenvalue weighted by molar-refractivity contribution is 0.201. The Labute approximate surface area is 112 Å². The Bertz CT molecular complexity index is 366. The Morgan fingerprint density at radius 1 is 1.11 bits per heavy atom. The van der Waals surface area contributed by atoms with Gasteiger partial charge in [-0.15, -0.1) is 0 Å². The van der Waals surface area contributed by atoms with Gasteiger partial charge in [-0.05, 0) is 45.2 Å². The van der Waals surface area contributed by atoms with Gasteiger partial charge in [-0.25, -0.2) is 0 Å². The molecule has 0 aliphatic rings. The van der Waals surface area contributed by atoms with Gasteiger partial charge in [0.05, 0.1) is 0 Å². The van der Waals surface area contributed by atoms with Gasteiger partial charge in [0, 0.05) is 12.1 Å². The summed E-state index contributed by atoms with van der Waals surface area (Å²) in [6, 6.07) is 8.30. The van der Waals surface area contributed by atoms with E-state index in [9.17, 15) is 0 Å². The minimum Gasteiger partial charge on any atom is -0.489 e.